The molecule has 9 aromatic carbocycles. The number of para-hydroxylation sites is 6. The zero-order valence-corrected chi connectivity index (χ0v) is 29.8. The second kappa shape index (κ2) is 11.6. The molecule has 0 radical (unpaired) electrons. The van der Waals surface area contributed by atoms with Gasteiger partial charge in [-0.15, -0.1) is 0 Å². The summed E-state index contributed by atoms with van der Waals surface area (Å²) in [7, 11) is 0. The van der Waals surface area contributed by atoms with Crippen LogP contribution in [0.3, 0.4) is 0 Å². The zero-order valence-electron chi connectivity index (χ0n) is 29.8. The van der Waals surface area contributed by atoms with E-state index in [1.165, 1.54) is 37.9 Å². The van der Waals surface area contributed by atoms with E-state index in [2.05, 4.69) is 209 Å². The third-order valence-corrected chi connectivity index (χ3v) is 11.5. The first-order valence-corrected chi connectivity index (χ1v) is 18.9. The van der Waals surface area contributed by atoms with Crippen LogP contribution >= 0.6 is 0 Å². The first-order valence-electron chi connectivity index (χ1n) is 18.9. The fourth-order valence-corrected chi connectivity index (χ4v) is 9.27. The lowest BCUT2D eigenvalue weighted by molar-refractivity contribution is 0.487. The molecule has 3 aliphatic rings. The van der Waals surface area contributed by atoms with Crippen molar-refractivity contribution in [1.29, 1.82) is 0 Å². The van der Waals surface area contributed by atoms with Gasteiger partial charge in [-0.05, 0) is 99.3 Å². The van der Waals surface area contributed by atoms with E-state index in [1.807, 2.05) is 0 Å². The predicted octanol–water partition coefficient (Wildman–Crippen LogP) is 11.7. The minimum atomic E-state index is -0.0245. The van der Waals surface area contributed by atoms with Crippen LogP contribution in [0.15, 0.2) is 194 Å². The van der Waals surface area contributed by atoms with Gasteiger partial charge in [0.15, 0.2) is 0 Å². The number of hydrogen-bond acceptors (Lipinski definition) is 4. The summed E-state index contributed by atoms with van der Waals surface area (Å²) in [4.78, 5) is 7.42. The van der Waals surface area contributed by atoms with Crippen molar-refractivity contribution < 1.29 is 4.74 Å². The van der Waals surface area contributed by atoms with Crippen LogP contribution in [0.1, 0.15) is 0 Å². The molecule has 3 heterocycles. The molecule has 0 saturated carbocycles. The third kappa shape index (κ3) is 4.35. The molecule has 0 spiro atoms. The Labute approximate surface area is 319 Å². The number of nitrogens with zero attached hydrogens (tertiary/aromatic N) is 3. The summed E-state index contributed by atoms with van der Waals surface area (Å²) in [5.41, 5.74) is 13.6. The number of ether oxygens (including phenoxy) is 1. The van der Waals surface area contributed by atoms with Crippen molar-refractivity contribution >= 4 is 95.8 Å². The van der Waals surface area contributed by atoms with Crippen LogP contribution in [0.4, 0.5) is 51.2 Å². The molecule has 0 unspecified atom stereocenters. The van der Waals surface area contributed by atoms with Crippen molar-refractivity contribution in [3.05, 3.63) is 194 Å². The highest BCUT2D eigenvalue weighted by molar-refractivity contribution is 6.99. The van der Waals surface area contributed by atoms with Crippen molar-refractivity contribution in [3.8, 4) is 11.5 Å². The Morgan fingerprint density at radius 3 is 1.64 bits per heavy atom. The lowest BCUT2D eigenvalue weighted by Crippen LogP contribution is -2.59. The van der Waals surface area contributed by atoms with Crippen molar-refractivity contribution in [1.82, 2.24) is 0 Å². The van der Waals surface area contributed by atoms with Gasteiger partial charge in [-0.3, -0.25) is 0 Å². The van der Waals surface area contributed by atoms with Gasteiger partial charge in [0.1, 0.15) is 11.5 Å². The van der Waals surface area contributed by atoms with Crippen LogP contribution in [-0.4, -0.2) is 6.71 Å². The monoisotopic (exact) mass is 701 g/mol. The van der Waals surface area contributed by atoms with Gasteiger partial charge in [-0.25, -0.2) is 0 Å². The molecule has 55 heavy (non-hydrogen) atoms. The minimum absolute atomic E-state index is 0.0245. The number of fused-ring (bicyclic) bond motifs is 9. The van der Waals surface area contributed by atoms with E-state index in [9.17, 15) is 0 Å². The van der Waals surface area contributed by atoms with E-state index in [1.54, 1.807) is 0 Å². The molecule has 9 aromatic rings. The zero-order chi connectivity index (χ0) is 36.0. The molecule has 0 atom stereocenters. The molecular weight excluding hydrogens is 669 g/mol. The molecule has 0 aliphatic carbocycles. The Morgan fingerprint density at radius 2 is 0.891 bits per heavy atom. The lowest BCUT2D eigenvalue weighted by Gasteiger charge is -2.47. The fourth-order valence-electron chi connectivity index (χ4n) is 9.27. The van der Waals surface area contributed by atoms with Crippen LogP contribution in [0.2, 0.25) is 0 Å². The van der Waals surface area contributed by atoms with E-state index in [0.717, 1.165) is 62.7 Å². The molecule has 256 valence electrons. The first kappa shape index (κ1) is 30.2. The van der Waals surface area contributed by atoms with Crippen LogP contribution in [0.5, 0.6) is 11.5 Å². The van der Waals surface area contributed by atoms with Gasteiger partial charge in [-0.2, -0.15) is 0 Å². The predicted molar refractivity (Wildman–Crippen MR) is 230 cm³/mol. The Balaban J connectivity index is 1.26. The van der Waals surface area contributed by atoms with Crippen molar-refractivity contribution in [3.63, 3.8) is 0 Å². The number of benzene rings is 9. The van der Waals surface area contributed by atoms with Gasteiger partial charge in [0.05, 0.1) is 34.1 Å². The second-order valence-corrected chi connectivity index (χ2v) is 14.5. The second-order valence-electron chi connectivity index (χ2n) is 14.5. The molecule has 12 rings (SSSR count). The van der Waals surface area contributed by atoms with Crippen molar-refractivity contribution in [2.75, 3.05) is 14.7 Å². The average molecular weight is 702 g/mol. The smallest absolute Gasteiger partial charge is 0.256 e. The summed E-state index contributed by atoms with van der Waals surface area (Å²) in [6.45, 7) is -0.0245. The minimum Gasteiger partial charge on any atom is -0.458 e. The van der Waals surface area contributed by atoms with E-state index in [0.29, 0.717) is 0 Å². The highest BCUT2D eigenvalue weighted by Crippen LogP contribution is 2.61. The molecule has 0 N–H and O–H groups in total. The van der Waals surface area contributed by atoms with E-state index in [-0.39, 0.29) is 6.71 Å². The van der Waals surface area contributed by atoms with Gasteiger partial charge in [0.2, 0.25) is 0 Å². The molecule has 0 bridgehead atoms. The first-order chi connectivity index (χ1) is 27.3. The normalized spacial score (nSPS) is 13.5. The van der Waals surface area contributed by atoms with E-state index < -0.39 is 0 Å². The van der Waals surface area contributed by atoms with E-state index in [4.69, 9.17) is 4.74 Å². The number of rotatable bonds is 3. The van der Waals surface area contributed by atoms with Crippen LogP contribution in [0.25, 0.3) is 21.5 Å². The van der Waals surface area contributed by atoms with Crippen LogP contribution in [0, 0.1) is 0 Å². The van der Waals surface area contributed by atoms with Gasteiger partial charge in [-0.1, -0.05) is 121 Å². The maximum Gasteiger partial charge on any atom is 0.256 e. The molecule has 0 saturated heterocycles. The summed E-state index contributed by atoms with van der Waals surface area (Å²) in [6.07, 6.45) is 0. The molecule has 0 aromatic heterocycles. The summed E-state index contributed by atoms with van der Waals surface area (Å²) >= 11 is 0. The summed E-state index contributed by atoms with van der Waals surface area (Å²) in [5, 5.41) is 4.84. The maximum absolute atomic E-state index is 7.08. The Morgan fingerprint density at radius 1 is 0.345 bits per heavy atom. The topological polar surface area (TPSA) is 19.0 Å². The standard InChI is InChI=1S/C50H32BN3O/c1-3-19-36(20-4-1)52-42-25-11-9-23-39(42)51-40-24-10-14-29-46(40)55-47-32-45-49(50(52)48(47)51)53(37-21-5-2-6-22-37)43-26-12-13-27-44(43)54(45)41-28-15-18-35-30-33-16-7-8-17-34(33)31-38(35)41/h1-32H. The maximum atomic E-state index is 7.08. The van der Waals surface area contributed by atoms with Gasteiger partial charge >= 0.3 is 0 Å². The van der Waals surface area contributed by atoms with Crippen molar-refractivity contribution in [2.45, 2.75) is 0 Å². The largest absolute Gasteiger partial charge is 0.458 e. The fraction of sp³-hybridized carbons (Fsp3) is 0. The molecule has 5 heteroatoms. The van der Waals surface area contributed by atoms with Gasteiger partial charge in [0.25, 0.3) is 6.71 Å². The van der Waals surface area contributed by atoms with E-state index >= 15 is 0 Å². The molecular formula is C50H32BN3O. The molecule has 0 fully saturated rings. The average Bonchev–Trinajstić information content (AvgIpc) is 3.25. The van der Waals surface area contributed by atoms with Crippen molar-refractivity contribution in [2.24, 2.45) is 0 Å². The Hall–Kier alpha value is -7.24. The number of hydrogen-bond donors (Lipinski definition) is 0. The molecule has 4 nitrogen and oxygen atoms in total. The summed E-state index contributed by atoms with van der Waals surface area (Å²) < 4.78 is 7.08. The third-order valence-electron chi connectivity index (χ3n) is 11.5. The summed E-state index contributed by atoms with van der Waals surface area (Å²) in [5.74, 6) is 1.77. The summed E-state index contributed by atoms with van der Waals surface area (Å²) in [6, 6.07) is 70.2. The molecule has 3 aliphatic heterocycles. The van der Waals surface area contributed by atoms with Crippen LogP contribution in [-0.2, 0) is 0 Å². The molecule has 0 amide bonds. The highest BCUT2D eigenvalue weighted by atomic mass is 16.5. The number of anilines is 9. The Kier molecular flexibility index (Phi) is 6.40. The van der Waals surface area contributed by atoms with Gasteiger partial charge < -0.3 is 19.4 Å². The Bertz CT molecular complexity index is 3000. The lowest BCUT2D eigenvalue weighted by atomic mass is 9.34. The van der Waals surface area contributed by atoms with Crippen LogP contribution < -0.4 is 35.8 Å². The quantitative estimate of drug-likeness (QED) is 0.135. The van der Waals surface area contributed by atoms with Gasteiger partial charge in [0, 0.05) is 28.5 Å². The highest BCUT2D eigenvalue weighted by Gasteiger charge is 2.46. The SMILES string of the molecule is c1ccc(N2c3ccccc3N(c3cccc4cc5ccccc5cc34)c3cc4c5c(c32)N(c2ccccc2)c2ccccc2B5c2ccccc2O4)cc1.